The van der Waals surface area contributed by atoms with E-state index in [0.29, 0.717) is 19.4 Å². The molecule has 5 nitrogen and oxygen atoms in total. The van der Waals surface area contributed by atoms with E-state index in [1.807, 2.05) is 0 Å². The van der Waals surface area contributed by atoms with E-state index in [1.54, 1.807) is 20.8 Å². The molecule has 1 atom stereocenters. The monoisotopic (exact) mass is 237 g/mol. The van der Waals surface area contributed by atoms with E-state index in [1.165, 1.54) is 0 Å². The number of sulfonamides is 1. The molecule has 0 heterocycles. The van der Waals surface area contributed by atoms with Crippen molar-refractivity contribution in [3.8, 4) is 0 Å². The molecule has 0 aliphatic carbocycles. The number of hydrogen-bond donors (Lipinski definition) is 2. The smallest absolute Gasteiger partial charge is 0.306 e. The molecule has 0 fully saturated rings. The second-order valence-electron chi connectivity index (χ2n) is 3.87. The van der Waals surface area contributed by atoms with Gasteiger partial charge >= 0.3 is 5.97 Å². The van der Waals surface area contributed by atoms with Crippen LogP contribution in [0.4, 0.5) is 0 Å². The van der Waals surface area contributed by atoms with Gasteiger partial charge in [0, 0.05) is 6.54 Å². The third-order valence-electron chi connectivity index (χ3n) is 2.16. The molecule has 0 rings (SSSR count). The molecule has 0 saturated carbocycles. The van der Waals surface area contributed by atoms with Gasteiger partial charge in [0.05, 0.1) is 11.2 Å². The van der Waals surface area contributed by atoms with E-state index in [-0.39, 0.29) is 0 Å². The largest absolute Gasteiger partial charge is 0.481 e. The first-order chi connectivity index (χ1) is 6.77. The second-order valence-corrected chi connectivity index (χ2v) is 6.19. The molecule has 0 bridgehead atoms. The van der Waals surface area contributed by atoms with Crippen LogP contribution in [-0.4, -0.2) is 31.3 Å². The Labute approximate surface area is 90.9 Å². The molecule has 0 saturated heterocycles. The Balaban J connectivity index is 3.78. The summed E-state index contributed by atoms with van der Waals surface area (Å²) in [7, 11) is -3.21. The minimum absolute atomic E-state index is 0.304. The molecule has 0 aromatic carbocycles. The van der Waals surface area contributed by atoms with E-state index in [2.05, 4.69) is 4.72 Å². The van der Waals surface area contributed by atoms with Crippen LogP contribution in [0, 0.1) is 5.92 Å². The zero-order chi connectivity index (χ0) is 12.1. The van der Waals surface area contributed by atoms with Crippen molar-refractivity contribution in [2.75, 3.05) is 6.54 Å². The van der Waals surface area contributed by atoms with Gasteiger partial charge in [-0.3, -0.25) is 4.79 Å². The normalized spacial score (nSPS) is 14.1. The Kier molecular flexibility index (Phi) is 5.82. The Hall–Kier alpha value is -0.620. The van der Waals surface area contributed by atoms with Crippen LogP contribution in [0.5, 0.6) is 0 Å². The Morgan fingerprint density at radius 1 is 1.33 bits per heavy atom. The lowest BCUT2D eigenvalue weighted by Crippen LogP contribution is -2.31. The fourth-order valence-electron chi connectivity index (χ4n) is 0.913. The molecular formula is C9H19NO4S. The van der Waals surface area contributed by atoms with E-state index >= 15 is 0 Å². The van der Waals surface area contributed by atoms with Gasteiger partial charge in [-0.1, -0.05) is 6.92 Å². The lowest BCUT2D eigenvalue weighted by atomic mass is 10.1. The van der Waals surface area contributed by atoms with Crippen molar-refractivity contribution < 1.29 is 18.3 Å². The summed E-state index contributed by atoms with van der Waals surface area (Å²) in [6.07, 6.45) is 1.02. The van der Waals surface area contributed by atoms with E-state index in [4.69, 9.17) is 5.11 Å². The van der Waals surface area contributed by atoms with Crippen molar-refractivity contribution in [3.63, 3.8) is 0 Å². The van der Waals surface area contributed by atoms with Crippen LogP contribution >= 0.6 is 0 Å². The SMILES string of the molecule is CC(CCCNS(=O)(=O)C(C)C)C(=O)O. The Bertz CT molecular complexity index is 297. The van der Waals surface area contributed by atoms with Gasteiger partial charge in [-0.15, -0.1) is 0 Å². The predicted molar refractivity (Wildman–Crippen MR) is 58.1 cm³/mol. The average molecular weight is 237 g/mol. The molecule has 0 aliphatic heterocycles. The molecule has 15 heavy (non-hydrogen) atoms. The highest BCUT2D eigenvalue weighted by Gasteiger charge is 2.15. The van der Waals surface area contributed by atoms with Crippen LogP contribution in [0.3, 0.4) is 0 Å². The van der Waals surface area contributed by atoms with Gasteiger partial charge in [-0.05, 0) is 26.7 Å². The zero-order valence-corrected chi connectivity index (χ0v) is 10.2. The molecule has 0 spiro atoms. The number of carbonyl (C=O) groups is 1. The van der Waals surface area contributed by atoms with Crippen LogP contribution in [0.25, 0.3) is 0 Å². The number of nitrogens with one attached hydrogen (secondary N) is 1. The van der Waals surface area contributed by atoms with Crippen molar-refractivity contribution >= 4 is 16.0 Å². The summed E-state index contributed by atoms with van der Waals surface area (Å²) in [5.74, 6) is -1.27. The van der Waals surface area contributed by atoms with Gasteiger partial charge in [0.2, 0.25) is 10.0 Å². The summed E-state index contributed by atoms with van der Waals surface area (Å²) in [6.45, 7) is 5.11. The first-order valence-corrected chi connectivity index (χ1v) is 6.53. The minimum Gasteiger partial charge on any atom is -0.481 e. The van der Waals surface area contributed by atoms with Crippen molar-refractivity contribution in [2.45, 2.75) is 38.9 Å². The van der Waals surface area contributed by atoms with Crippen LogP contribution in [-0.2, 0) is 14.8 Å². The first kappa shape index (κ1) is 14.4. The number of hydrogen-bond acceptors (Lipinski definition) is 3. The fourth-order valence-corrected chi connectivity index (χ4v) is 1.68. The number of aliphatic carboxylic acids is 1. The highest BCUT2D eigenvalue weighted by Crippen LogP contribution is 2.05. The molecule has 0 aliphatic rings. The lowest BCUT2D eigenvalue weighted by molar-refractivity contribution is -0.141. The van der Waals surface area contributed by atoms with Crippen molar-refractivity contribution in [1.29, 1.82) is 0 Å². The average Bonchev–Trinajstić information content (AvgIpc) is 2.11. The molecule has 0 aromatic heterocycles. The van der Waals surface area contributed by atoms with E-state index in [0.717, 1.165) is 0 Å². The van der Waals surface area contributed by atoms with Gasteiger partial charge < -0.3 is 5.11 Å². The van der Waals surface area contributed by atoms with E-state index < -0.39 is 27.2 Å². The summed E-state index contributed by atoms with van der Waals surface area (Å²) in [5, 5.41) is 8.14. The zero-order valence-electron chi connectivity index (χ0n) is 9.36. The predicted octanol–water partition coefficient (Wildman–Crippen LogP) is 0.815. The van der Waals surface area contributed by atoms with Crippen LogP contribution in [0.15, 0.2) is 0 Å². The van der Waals surface area contributed by atoms with Crippen LogP contribution < -0.4 is 4.72 Å². The van der Waals surface area contributed by atoms with Gasteiger partial charge in [0.15, 0.2) is 0 Å². The second kappa shape index (κ2) is 6.07. The maximum absolute atomic E-state index is 11.3. The molecule has 1 unspecified atom stereocenters. The third kappa shape index (κ3) is 5.74. The number of carboxylic acids is 1. The maximum atomic E-state index is 11.3. The van der Waals surface area contributed by atoms with Crippen molar-refractivity contribution in [1.82, 2.24) is 4.72 Å². The number of rotatable bonds is 7. The first-order valence-electron chi connectivity index (χ1n) is 4.98. The summed E-state index contributed by atoms with van der Waals surface area (Å²) < 4.78 is 25.0. The highest BCUT2D eigenvalue weighted by atomic mass is 32.2. The summed E-state index contributed by atoms with van der Waals surface area (Å²) >= 11 is 0. The molecule has 2 N–H and O–H groups in total. The van der Waals surface area contributed by atoms with Gasteiger partial charge in [-0.2, -0.15) is 0 Å². The summed E-state index contributed by atoms with van der Waals surface area (Å²) in [6, 6.07) is 0. The van der Waals surface area contributed by atoms with Gasteiger partial charge in [-0.25, -0.2) is 13.1 Å². The van der Waals surface area contributed by atoms with Crippen LogP contribution in [0.1, 0.15) is 33.6 Å². The topological polar surface area (TPSA) is 83.5 Å². The van der Waals surface area contributed by atoms with Crippen molar-refractivity contribution in [2.24, 2.45) is 5.92 Å². The quantitative estimate of drug-likeness (QED) is 0.642. The van der Waals surface area contributed by atoms with E-state index in [9.17, 15) is 13.2 Å². The number of carboxylic acid groups (broad SMARTS) is 1. The molecule has 0 radical (unpaired) electrons. The summed E-state index contributed by atoms with van der Waals surface area (Å²) in [5.41, 5.74) is 0. The molecule has 6 heteroatoms. The summed E-state index contributed by atoms with van der Waals surface area (Å²) in [4.78, 5) is 10.5. The molecule has 0 aromatic rings. The maximum Gasteiger partial charge on any atom is 0.306 e. The Morgan fingerprint density at radius 2 is 1.87 bits per heavy atom. The standard InChI is InChI=1S/C9H19NO4S/c1-7(2)15(13,14)10-6-4-5-8(3)9(11)12/h7-8,10H,4-6H2,1-3H3,(H,11,12). The minimum atomic E-state index is -3.21. The Morgan fingerprint density at radius 3 is 2.27 bits per heavy atom. The van der Waals surface area contributed by atoms with Crippen LogP contribution in [0.2, 0.25) is 0 Å². The van der Waals surface area contributed by atoms with Gasteiger partial charge in [0.1, 0.15) is 0 Å². The third-order valence-corrected chi connectivity index (χ3v) is 4.01. The molecule has 0 amide bonds. The van der Waals surface area contributed by atoms with Crippen molar-refractivity contribution in [3.05, 3.63) is 0 Å². The van der Waals surface area contributed by atoms with Gasteiger partial charge in [0.25, 0.3) is 0 Å². The lowest BCUT2D eigenvalue weighted by Gasteiger charge is -2.10. The molecule has 90 valence electrons. The fraction of sp³-hybridized carbons (Fsp3) is 0.889. The highest BCUT2D eigenvalue weighted by molar-refractivity contribution is 7.90. The molecular weight excluding hydrogens is 218 g/mol.